The first kappa shape index (κ1) is 14.0. The van der Waals surface area contributed by atoms with E-state index >= 15 is 0 Å². The molecule has 1 aromatic heterocycles. The van der Waals surface area contributed by atoms with Crippen LogP contribution in [0, 0.1) is 6.92 Å². The van der Waals surface area contributed by atoms with Gasteiger partial charge in [0, 0.05) is 0 Å². The summed E-state index contributed by atoms with van der Waals surface area (Å²) in [6.45, 7) is 1.86. The summed E-state index contributed by atoms with van der Waals surface area (Å²) >= 11 is 11.5. The fourth-order valence-corrected chi connectivity index (χ4v) is 2.75. The molecule has 0 aliphatic carbocycles. The van der Waals surface area contributed by atoms with E-state index < -0.39 is 10.0 Å². The number of nitrogens with zero attached hydrogens (tertiary/aromatic N) is 2. The predicted molar refractivity (Wildman–Crippen MR) is 74.0 cm³/mol. The van der Waals surface area contributed by atoms with Crippen LogP contribution in [0.5, 0.6) is 0 Å². The first-order valence-corrected chi connectivity index (χ1v) is 7.39. The number of halogens is 2. The number of nitrogens with one attached hydrogen (secondary N) is 1. The van der Waals surface area contributed by atoms with E-state index in [2.05, 4.69) is 14.7 Å². The van der Waals surface area contributed by atoms with Gasteiger partial charge in [-0.25, -0.2) is 18.4 Å². The minimum Gasteiger partial charge on any atom is -0.278 e. The molecule has 0 radical (unpaired) electrons. The Hall–Kier alpha value is -1.37. The van der Waals surface area contributed by atoms with Crippen LogP contribution in [0.3, 0.4) is 0 Å². The van der Waals surface area contributed by atoms with E-state index in [4.69, 9.17) is 23.2 Å². The van der Waals surface area contributed by atoms with Gasteiger partial charge in [-0.15, -0.1) is 0 Å². The van der Waals surface area contributed by atoms with Crippen molar-refractivity contribution in [2.75, 3.05) is 4.72 Å². The van der Waals surface area contributed by atoms with Crippen LogP contribution in [0.2, 0.25) is 10.3 Å². The zero-order chi connectivity index (χ0) is 14.0. The third kappa shape index (κ3) is 3.34. The van der Waals surface area contributed by atoms with Crippen molar-refractivity contribution in [1.82, 2.24) is 9.97 Å². The molecule has 1 N–H and O–H groups in total. The summed E-state index contributed by atoms with van der Waals surface area (Å²) < 4.78 is 26.5. The lowest BCUT2D eigenvalue weighted by Gasteiger charge is -2.09. The van der Waals surface area contributed by atoms with Crippen LogP contribution in [0.15, 0.2) is 35.5 Å². The Labute approximate surface area is 120 Å². The molecule has 1 heterocycles. The Bertz CT molecular complexity index is 702. The molecule has 5 nitrogen and oxygen atoms in total. The number of hydrogen-bond donors (Lipinski definition) is 1. The number of benzene rings is 1. The molecule has 0 saturated heterocycles. The van der Waals surface area contributed by atoms with Gasteiger partial charge in [0.1, 0.15) is 4.90 Å². The van der Waals surface area contributed by atoms with Crippen molar-refractivity contribution in [2.24, 2.45) is 0 Å². The molecule has 0 spiro atoms. The van der Waals surface area contributed by atoms with Gasteiger partial charge in [-0.2, -0.15) is 0 Å². The summed E-state index contributed by atoms with van der Waals surface area (Å²) in [6, 6.07) is 5.01. The fourth-order valence-electron chi connectivity index (χ4n) is 1.35. The Morgan fingerprint density at radius 1 is 1.16 bits per heavy atom. The topological polar surface area (TPSA) is 72.0 Å². The van der Waals surface area contributed by atoms with E-state index in [1.807, 2.05) is 6.92 Å². The SMILES string of the molecule is Cc1ccc(NS(=O)(=O)c2cnc(Cl)nc2)c(Cl)c1. The van der Waals surface area contributed by atoms with Crippen LogP contribution in [-0.2, 0) is 10.0 Å². The van der Waals surface area contributed by atoms with E-state index in [0.717, 1.165) is 18.0 Å². The number of rotatable bonds is 3. The van der Waals surface area contributed by atoms with Crippen LogP contribution in [-0.4, -0.2) is 18.4 Å². The number of aromatic nitrogens is 2. The molecule has 2 rings (SSSR count). The van der Waals surface area contributed by atoms with Gasteiger partial charge < -0.3 is 0 Å². The standard InChI is InChI=1S/C11H9Cl2N3O2S/c1-7-2-3-10(9(12)4-7)16-19(17,18)8-5-14-11(13)15-6-8/h2-6,16H,1H3. The normalized spacial score (nSPS) is 11.3. The van der Waals surface area contributed by atoms with E-state index in [0.29, 0.717) is 10.7 Å². The molecule has 0 fully saturated rings. The van der Waals surface area contributed by atoms with Gasteiger partial charge in [0.2, 0.25) is 5.28 Å². The summed E-state index contributed by atoms with van der Waals surface area (Å²) in [7, 11) is -3.78. The van der Waals surface area contributed by atoms with Crippen molar-refractivity contribution >= 4 is 38.9 Å². The van der Waals surface area contributed by atoms with Crippen molar-refractivity contribution in [1.29, 1.82) is 0 Å². The molecule has 100 valence electrons. The Balaban J connectivity index is 2.33. The molecular weight excluding hydrogens is 309 g/mol. The average molecular weight is 318 g/mol. The number of sulfonamides is 1. The second-order valence-corrected chi connectivity index (χ2v) is 6.20. The molecular formula is C11H9Cl2N3O2S. The predicted octanol–water partition coefficient (Wildman–Crippen LogP) is 2.89. The number of hydrogen-bond acceptors (Lipinski definition) is 4. The molecule has 0 aliphatic heterocycles. The number of anilines is 1. The number of aryl methyl sites for hydroxylation is 1. The van der Waals surface area contributed by atoms with Gasteiger partial charge in [0.05, 0.1) is 23.1 Å². The van der Waals surface area contributed by atoms with Crippen molar-refractivity contribution in [3.8, 4) is 0 Å². The first-order valence-electron chi connectivity index (χ1n) is 5.15. The average Bonchev–Trinajstić information content (AvgIpc) is 2.33. The van der Waals surface area contributed by atoms with E-state index in [-0.39, 0.29) is 10.2 Å². The lowest BCUT2D eigenvalue weighted by atomic mass is 10.2. The maximum atomic E-state index is 12.1. The van der Waals surface area contributed by atoms with Crippen LogP contribution < -0.4 is 4.72 Å². The minimum atomic E-state index is -3.78. The fraction of sp³-hybridized carbons (Fsp3) is 0.0909. The summed E-state index contributed by atoms with van der Waals surface area (Å²) in [4.78, 5) is 7.16. The van der Waals surface area contributed by atoms with Crippen molar-refractivity contribution in [3.05, 3.63) is 46.5 Å². The highest BCUT2D eigenvalue weighted by atomic mass is 35.5. The van der Waals surface area contributed by atoms with Gasteiger partial charge in [-0.05, 0) is 36.2 Å². The summed E-state index contributed by atoms with van der Waals surface area (Å²) in [5.41, 5.74) is 1.23. The second kappa shape index (κ2) is 5.32. The third-order valence-corrected chi connectivity index (χ3v) is 4.10. The summed E-state index contributed by atoms with van der Waals surface area (Å²) in [5.74, 6) is 0. The molecule has 8 heteroatoms. The van der Waals surface area contributed by atoms with E-state index in [9.17, 15) is 8.42 Å². The molecule has 2 aromatic rings. The van der Waals surface area contributed by atoms with Crippen LogP contribution >= 0.6 is 23.2 Å². The molecule has 19 heavy (non-hydrogen) atoms. The largest absolute Gasteiger partial charge is 0.278 e. The molecule has 0 atom stereocenters. The highest BCUT2D eigenvalue weighted by Crippen LogP contribution is 2.25. The quantitative estimate of drug-likeness (QED) is 0.883. The molecule has 0 amide bonds. The molecule has 0 aliphatic rings. The zero-order valence-corrected chi connectivity index (χ0v) is 12.1. The smallest absolute Gasteiger partial charge is 0.265 e. The van der Waals surface area contributed by atoms with Crippen LogP contribution in [0.4, 0.5) is 5.69 Å². The highest BCUT2D eigenvalue weighted by molar-refractivity contribution is 7.92. The van der Waals surface area contributed by atoms with Crippen molar-refractivity contribution in [3.63, 3.8) is 0 Å². The van der Waals surface area contributed by atoms with Crippen molar-refractivity contribution < 1.29 is 8.42 Å². The van der Waals surface area contributed by atoms with Gasteiger partial charge in [0.15, 0.2) is 0 Å². The summed E-state index contributed by atoms with van der Waals surface area (Å²) in [5, 5.41) is 0.297. The third-order valence-electron chi connectivity index (χ3n) is 2.28. The molecule has 0 saturated carbocycles. The van der Waals surface area contributed by atoms with Gasteiger partial charge in [-0.3, -0.25) is 4.72 Å². The van der Waals surface area contributed by atoms with Crippen molar-refractivity contribution in [2.45, 2.75) is 11.8 Å². The van der Waals surface area contributed by atoms with Gasteiger partial charge >= 0.3 is 0 Å². The minimum absolute atomic E-state index is 0.0210. The van der Waals surface area contributed by atoms with Gasteiger partial charge in [0.25, 0.3) is 10.0 Å². The van der Waals surface area contributed by atoms with E-state index in [1.54, 1.807) is 18.2 Å². The molecule has 0 unspecified atom stereocenters. The zero-order valence-electron chi connectivity index (χ0n) is 9.76. The maximum Gasteiger partial charge on any atom is 0.265 e. The van der Waals surface area contributed by atoms with E-state index in [1.165, 1.54) is 0 Å². The Morgan fingerprint density at radius 3 is 2.37 bits per heavy atom. The second-order valence-electron chi connectivity index (χ2n) is 3.78. The summed E-state index contributed by atoms with van der Waals surface area (Å²) in [6.07, 6.45) is 2.25. The monoisotopic (exact) mass is 317 g/mol. The molecule has 1 aromatic carbocycles. The Morgan fingerprint density at radius 2 is 1.79 bits per heavy atom. The Kier molecular flexibility index (Phi) is 3.93. The maximum absolute atomic E-state index is 12.1. The van der Waals surface area contributed by atoms with Crippen LogP contribution in [0.1, 0.15) is 5.56 Å². The lowest BCUT2D eigenvalue weighted by molar-refractivity contribution is 0.600. The lowest BCUT2D eigenvalue weighted by Crippen LogP contribution is -2.14. The van der Waals surface area contributed by atoms with Gasteiger partial charge in [-0.1, -0.05) is 17.7 Å². The highest BCUT2D eigenvalue weighted by Gasteiger charge is 2.16. The first-order chi connectivity index (χ1) is 8.88. The van der Waals surface area contributed by atoms with Crippen LogP contribution in [0.25, 0.3) is 0 Å². The molecule has 0 bridgehead atoms.